The van der Waals surface area contributed by atoms with Gasteiger partial charge < -0.3 is 5.32 Å². The molecule has 3 heterocycles. The van der Waals surface area contributed by atoms with Crippen LogP contribution in [0.5, 0.6) is 0 Å². The Morgan fingerprint density at radius 1 is 1.44 bits per heavy atom. The molecule has 1 unspecified atom stereocenters. The first-order valence-corrected chi connectivity index (χ1v) is 6.44. The summed E-state index contributed by atoms with van der Waals surface area (Å²) >= 11 is 1.85. The zero-order chi connectivity index (χ0) is 11.0. The number of rotatable bonds is 1. The minimum Gasteiger partial charge on any atom is -0.305 e. The van der Waals surface area contributed by atoms with Crippen LogP contribution in [0.3, 0.4) is 0 Å². The van der Waals surface area contributed by atoms with E-state index < -0.39 is 0 Å². The lowest BCUT2D eigenvalue weighted by molar-refractivity contribution is 0.576. The third kappa shape index (κ3) is 1.56. The van der Waals surface area contributed by atoms with Crippen LogP contribution < -0.4 is 5.32 Å². The minimum absolute atomic E-state index is 0.367. The maximum atomic E-state index is 4.16. The standard InChI is InChI=1S/C13H14N2S/c1-9-8-14-5-3-11(9)12-13-10(2-6-15-12)4-7-16-13/h3-5,7-8,12,15H,2,6H2,1H3. The third-order valence-electron chi connectivity index (χ3n) is 3.16. The van der Waals surface area contributed by atoms with Crippen molar-refractivity contribution in [3.63, 3.8) is 0 Å². The van der Waals surface area contributed by atoms with Gasteiger partial charge in [0.25, 0.3) is 0 Å². The van der Waals surface area contributed by atoms with Gasteiger partial charge in [0, 0.05) is 23.8 Å². The van der Waals surface area contributed by atoms with Gasteiger partial charge in [0.05, 0.1) is 6.04 Å². The van der Waals surface area contributed by atoms with Gasteiger partial charge in [-0.25, -0.2) is 0 Å². The SMILES string of the molecule is Cc1cnccc1C1NCCc2ccsc21. The maximum absolute atomic E-state index is 4.16. The maximum Gasteiger partial charge on any atom is 0.0677 e. The molecule has 82 valence electrons. The van der Waals surface area contributed by atoms with E-state index in [0.717, 1.165) is 13.0 Å². The van der Waals surface area contributed by atoms with Gasteiger partial charge >= 0.3 is 0 Å². The Balaban J connectivity index is 2.08. The normalized spacial score (nSPS) is 19.4. The first kappa shape index (κ1) is 10.00. The molecule has 0 amide bonds. The molecule has 2 aromatic heterocycles. The molecule has 0 saturated heterocycles. The Labute approximate surface area is 99.4 Å². The number of aryl methyl sites for hydroxylation is 1. The third-order valence-corrected chi connectivity index (χ3v) is 4.18. The number of pyridine rings is 1. The first-order chi connectivity index (χ1) is 7.86. The topological polar surface area (TPSA) is 24.9 Å². The number of aromatic nitrogens is 1. The molecule has 1 aliphatic heterocycles. The predicted octanol–water partition coefficient (Wildman–Crippen LogP) is 2.69. The fourth-order valence-corrected chi connectivity index (χ4v) is 3.36. The first-order valence-electron chi connectivity index (χ1n) is 5.56. The van der Waals surface area contributed by atoms with E-state index in [-0.39, 0.29) is 0 Å². The highest BCUT2D eigenvalue weighted by atomic mass is 32.1. The number of hydrogen-bond donors (Lipinski definition) is 1. The van der Waals surface area contributed by atoms with Crippen LogP contribution in [0.25, 0.3) is 0 Å². The molecule has 0 spiro atoms. The Morgan fingerprint density at radius 3 is 3.25 bits per heavy atom. The second kappa shape index (κ2) is 4.00. The largest absolute Gasteiger partial charge is 0.305 e. The molecule has 0 saturated carbocycles. The van der Waals surface area contributed by atoms with Crippen molar-refractivity contribution in [1.82, 2.24) is 10.3 Å². The van der Waals surface area contributed by atoms with Crippen LogP contribution in [0.2, 0.25) is 0 Å². The summed E-state index contributed by atoms with van der Waals surface area (Å²) in [6.07, 6.45) is 4.98. The molecule has 16 heavy (non-hydrogen) atoms. The summed E-state index contributed by atoms with van der Waals surface area (Å²) in [5.41, 5.74) is 4.13. The smallest absolute Gasteiger partial charge is 0.0677 e. The van der Waals surface area contributed by atoms with Crippen LogP contribution in [0.4, 0.5) is 0 Å². The summed E-state index contributed by atoms with van der Waals surface area (Å²) in [6, 6.07) is 4.75. The van der Waals surface area contributed by atoms with E-state index in [4.69, 9.17) is 0 Å². The van der Waals surface area contributed by atoms with Crippen molar-refractivity contribution in [2.45, 2.75) is 19.4 Å². The Bertz CT molecular complexity index is 504. The zero-order valence-electron chi connectivity index (χ0n) is 9.23. The highest BCUT2D eigenvalue weighted by molar-refractivity contribution is 7.10. The molecule has 0 aromatic carbocycles. The van der Waals surface area contributed by atoms with Crippen molar-refractivity contribution in [2.75, 3.05) is 6.54 Å². The number of nitrogens with zero attached hydrogens (tertiary/aromatic N) is 1. The molecule has 1 N–H and O–H groups in total. The number of hydrogen-bond acceptors (Lipinski definition) is 3. The van der Waals surface area contributed by atoms with Crippen LogP contribution in [-0.2, 0) is 6.42 Å². The lowest BCUT2D eigenvalue weighted by atomic mass is 9.96. The Hall–Kier alpha value is -1.19. The summed E-state index contributed by atoms with van der Waals surface area (Å²) in [5.74, 6) is 0. The molecule has 0 radical (unpaired) electrons. The van der Waals surface area contributed by atoms with E-state index in [2.05, 4.69) is 34.7 Å². The van der Waals surface area contributed by atoms with Crippen LogP contribution >= 0.6 is 11.3 Å². The molecule has 2 nitrogen and oxygen atoms in total. The quantitative estimate of drug-likeness (QED) is 0.814. The van der Waals surface area contributed by atoms with Crippen molar-refractivity contribution in [1.29, 1.82) is 0 Å². The average molecular weight is 230 g/mol. The van der Waals surface area contributed by atoms with Crippen LogP contribution in [0, 0.1) is 6.92 Å². The van der Waals surface area contributed by atoms with Gasteiger partial charge in [-0.2, -0.15) is 0 Å². The lowest BCUT2D eigenvalue weighted by Crippen LogP contribution is -2.29. The van der Waals surface area contributed by atoms with Gasteiger partial charge in [-0.3, -0.25) is 4.98 Å². The molecule has 1 atom stereocenters. The fraction of sp³-hybridized carbons (Fsp3) is 0.308. The number of fused-ring (bicyclic) bond motifs is 1. The minimum atomic E-state index is 0.367. The number of nitrogens with one attached hydrogen (secondary N) is 1. The van der Waals surface area contributed by atoms with Crippen molar-refractivity contribution in [2.24, 2.45) is 0 Å². The van der Waals surface area contributed by atoms with Gasteiger partial charge in [0.1, 0.15) is 0 Å². The van der Waals surface area contributed by atoms with Crippen molar-refractivity contribution in [3.05, 3.63) is 51.5 Å². The van der Waals surface area contributed by atoms with Gasteiger partial charge in [-0.05, 0) is 47.5 Å². The molecular weight excluding hydrogens is 216 g/mol. The summed E-state index contributed by atoms with van der Waals surface area (Å²) in [4.78, 5) is 5.63. The molecule has 2 aromatic rings. The van der Waals surface area contributed by atoms with Crippen LogP contribution in [0.1, 0.15) is 27.6 Å². The highest BCUT2D eigenvalue weighted by Gasteiger charge is 2.23. The molecule has 0 bridgehead atoms. The second-order valence-corrected chi connectivity index (χ2v) is 5.13. The molecule has 1 aliphatic rings. The summed E-state index contributed by atoms with van der Waals surface area (Å²) in [7, 11) is 0. The predicted molar refractivity (Wildman–Crippen MR) is 66.8 cm³/mol. The van der Waals surface area contributed by atoms with E-state index in [1.165, 1.54) is 21.6 Å². The van der Waals surface area contributed by atoms with Gasteiger partial charge in [-0.1, -0.05) is 0 Å². The van der Waals surface area contributed by atoms with E-state index in [1.54, 1.807) is 0 Å². The Morgan fingerprint density at radius 2 is 2.38 bits per heavy atom. The van der Waals surface area contributed by atoms with Gasteiger partial charge in [0.2, 0.25) is 0 Å². The van der Waals surface area contributed by atoms with E-state index >= 15 is 0 Å². The van der Waals surface area contributed by atoms with Gasteiger partial charge in [-0.15, -0.1) is 11.3 Å². The molecule has 3 rings (SSSR count). The van der Waals surface area contributed by atoms with E-state index in [0.29, 0.717) is 6.04 Å². The molecule has 0 aliphatic carbocycles. The van der Waals surface area contributed by atoms with Crippen LogP contribution in [-0.4, -0.2) is 11.5 Å². The lowest BCUT2D eigenvalue weighted by Gasteiger charge is -2.25. The monoisotopic (exact) mass is 230 g/mol. The zero-order valence-corrected chi connectivity index (χ0v) is 10.1. The van der Waals surface area contributed by atoms with Crippen molar-refractivity contribution >= 4 is 11.3 Å². The van der Waals surface area contributed by atoms with Crippen LogP contribution in [0.15, 0.2) is 29.9 Å². The van der Waals surface area contributed by atoms with Crippen molar-refractivity contribution in [3.8, 4) is 0 Å². The molecule has 0 fully saturated rings. The molecule has 3 heteroatoms. The summed E-state index contributed by atoms with van der Waals surface area (Å²) in [5, 5.41) is 5.80. The Kier molecular flexibility index (Phi) is 2.50. The second-order valence-electron chi connectivity index (χ2n) is 4.18. The summed E-state index contributed by atoms with van der Waals surface area (Å²) in [6.45, 7) is 3.20. The highest BCUT2D eigenvalue weighted by Crippen LogP contribution is 2.33. The summed E-state index contributed by atoms with van der Waals surface area (Å²) < 4.78 is 0. The number of thiophene rings is 1. The van der Waals surface area contributed by atoms with E-state index in [1.807, 2.05) is 23.7 Å². The average Bonchev–Trinajstić information content (AvgIpc) is 2.77. The van der Waals surface area contributed by atoms with Gasteiger partial charge in [0.15, 0.2) is 0 Å². The van der Waals surface area contributed by atoms with E-state index in [9.17, 15) is 0 Å². The molecular formula is C13H14N2S. The van der Waals surface area contributed by atoms with Crippen molar-refractivity contribution < 1.29 is 0 Å². The fourth-order valence-electron chi connectivity index (χ4n) is 2.31.